The van der Waals surface area contributed by atoms with E-state index in [9.17, 15) is 0 Å². The SMILES string of the molecule is c1ccc(-c2nc(-c3ccccc3)nc(-c3ccc(-c4nc5ccccc5c5c6c(ccc45)C(c4ccccc4)(c4ccccc4)c4ccccc4-6)cc3)n2)cc1. The van der Waals surface area contributed by atoms with Crippen LogP contribution < -0.4 is 0 Å². The van der Waals surface area contributed by atoms with Gasteiger partial charge in [0.05, 0.1) is 16.6 Å². The average Bonchev–Trinajstić information content (AvgIpc) is 3.61. The lowest BCUT2D eigenvalue weighted by atomic mass is 9.67. The van der Waals surface area contributed by atoms with Crippen LogP contribution in [0.4, 0.5) is 0 Å². The molecule has 0 saturated heterocycles. The zero-order chi connectivity index (χ0) is 37.8. The molecular weight excluding hydrogens is 693 g/mol. The highest BCUT2D eigenvalue weighted by atomic mass is 15.0. The molecule has 11 rings (SSSR count). The number of fused-ring (bicyclic) bond motifs is 7. The van der Waals surface area contributed by atoms with Crippen molar-refractivity contribution in [2.75, 3.05) is 0 Å². The smallest absolute Gasteiger partial charge is 0.164 e. The van der Waals surface area contributed by atoms with Gasteiger partial charge in [-0.3, -0.25) is 0 Å². The Morgan fingerprint density at radius 2 is 0.789 bits per heavy atom. The fraction of sp³-hybridized carbons (Fsp3) is 0.0189. The Kier molecular flexibility index (Phi) is 7.68. The maximum Gasteiger partial charge on any atom is 0.164 e. The predicted octanol–water partition coefficient (Wildman–Crippen LogP) is 12.6. The summed E-state index contributed by atoms with van der Waals surface area (Å²) in [4.78, 5) is 20.2. The lowest BCUT2D eigenvalue weighted by Gasteiger charge is -2.34. The molecule has 2 aromatic heterocycles. The number of aromatic nitrogens is 4. The zero-order valence-electron chi connectivity index (χ0n) is 30.9. The lowest BCUT2D eigenvalue weighted by molar-refractivity contribution is 0.769. The van der Waals surface area contributed by atoms with Gasteiger partial charge in [-0.15, -0.1) is 0 Å². The summed E-state index contributed by atoms with van der Waals surface area (Å²) in [6.45, 7) is 0. The maximum absolute atomic E-state index is 5.38. The summed E-state index contributed by atoms with van der Waals surface area (Å²) in [5.74, 6) is 1.90. The minimum Gasteiger partial charge on any atom is -0.247 e. The molecule has 1 aliphatic rings. The van der Waals surface area contributed by atoms with Crippen molar-refractivity contribution in [3.8, 4) is 56.5 Å². The molecule has 2 heterocycles. The molecule has 0 radical (unpaired) electrons. The van der Waals surface area contributed by atoms with Crippen molar-refractivity contribution >= 4 is 21.7 Å². The van der Waals surface area contributed by atoms with Crippen LogP contribution in [0.25, 0.3) is 78.2 Å². The molecule has 4 heteroatoms. The van der Waals surface area contributed by atoms with Gasteiger partial charge in [-0.2, -0.15) is 0 Å². The van der Waals surface area contributed by atoms with Crippen molar-refractivity contribution in [3.63, 3.8) is 0 Å². The molecule has 1 aliphatic carbocycles. The third-order valence-corrected chi connectivity index (χ3v) is 11.4. The van der Waals surface area contributed by atoms with Crippen LogP contribution in [0.3, 0.4) is 0 Å². The van der Waals surface area contributed by atoms with E-state index in [-0.39, 0.29) is 0 Å². The molecule has 0 aliphatic heterocycles. The van der Waals surface area contributed by atoms with Gasteiger partial charge in [-0.25, -0.2) is 19.9 Å². The molecule has 4 nitrogen and oxygen atoms in total. The van der Waals surface area contributed by atoms with Crippen LogP contribution >= 0.6 is 0 Å². The Labute approximate surface area is 330 Å². The van der Waals surface area contributed by atoms with E-state index in [4.69, 9.17) is 19.9 Å². The second-order valence-corrected chi connectivity index (χ2v) is 14.5. The van der Waals surface area contributed by atoms with Crippen LogP contribution in [0, 0.1) is 0 Å². The zero-order valence-corrected chi connectivity index (χ0v) is 30.9. The first-order valence-corrected chi connectivity index (χ1v) is 19.3. The molecular formula is C53H34N4. The number of rotatable bonds is 6. The Balaban J connectivity index is 1.12. The molecule has 0 unspecified atom stereocenters. The average molecular weight is 727 g/mol. The maximum atomic E-state index is 5.38. The minimum absolute atomic E-state index is 0.490. The van der Waals surface area contributed by atoms with E-state index in [1.807, 2.05) is 60.7 Å². The van der Waals surface area contributed by atoms with Crippen molar-refractivity contribution in [2.24, 2.45) is 0 Å². The molecule has 0 saturated carbocycles. The summed E-state index contributed by atoms with van der Waals surface area (Å²) in [6, 6.07) is 72.8. The molecule has 57 heavy (non-hydrogen) atoms. The number of pyridine rings is 1. The second-order valence-electron chi connectivity index (χ2n) is 14.5. The largest absolute Gasteiger partial charge is 0.247 e. The molecule has 0 bridgehead atoms. The molecule has 0 fully saturated rings. The molecule has 10 aromatic rings. The van der Waals surface area contributed by atoms with Crippen LogP contribution in [0.15, 0.2) is 206 Å². The van der Waals surface area contributed by atoms with Gasteiger partial charge in [0, 0.05) is 38.4 Å². The van der Waals surface area contributed by atoms with Crippen molar-refractivity contribution in [3.05, 3.63) is 229 Å². The van der Waals surface area contributed by atoms with Crippen LogP contribution in [0.2, 0.25) is 0 Å². The van der Waals surface area contributed by atoms with Crippen molar-refractivity contribution in [1.29, 1.82) is 0 Å². The first kappa shape index (κ1) is 32.8. The summed E-state index contributed by atoms with van der Waals surface area (Å²) < 4.78 is 0. The Morgan fingerprint density at radius 1 is 0.316 bits per heavy atom. The van der Waals surface area contributed by atoms with Crippen LogP contribution in [-0.4, -0.2) is 19.9 Å². The predicted molar refractivity (Wildman–Crippen MR) is 232 cm³/mol. The summed E-state index contributed by atoms with van der Waals surface area (Å²) in [7, 11) is 0. The standard InChI is InChI=1S/C53H34N4/c1-5-17-36(18-6-1)50-55-51(37-19-7-2-8-20-37)57-52(56-50)38-31-29-35(30-32-38)49-43-33-34-45-48(47(43)42-26-14-16-28-46(42)54-49)41-25-13-15-27-44(41)53(45,39-21-9-3-10-22-39)40-23-11-4-12-24-40/h1-34H. The van der Waals surface area contributed by atoms with E-state index in [1.165, 1.54) is 38.8 Å². The lowest BCUT2D eigenvalue weighted by Crippen LogP contribution is -2.28. The summed E-state index contributed by atoms with van der Waals surface area (Å²) in [5, 5.41) is 3.48. The minimum atomic E-state index is -0.490. The summed E-state index contributed by atoms with van der Waals surface area (Å²) >= 11 is 0. The monoisotopic (exact) mass is 726 g/mol. The van der Waals surface area contributed by atoms with E-state index in [0.717, 1.165) is 44.2 Å². The molecule has 0 atom stereocenters. The first-order valence-electron chi connectivity index (χ1n) is 19.3. The van der Waals surface area contributed by atoms with E-state index in [1.54, 1.807) is 0 Å². The second kappa shape index (κ2) is 13.3. The topological polar surface area (TPSA) is 51.6 Å². The molecule has 0 N–H and O–H groups in total. The molecule has 0 amide bonds. The number of benzene rings is 8. The Bertz CT molecular complexity index is 2990. The summed E-state index contributed by atoms with van der Waals surface area (Å²) in [6.07, 6.45) is 0. The van der Waals surface area contributed by atoms with Gasteiger partial charge in [0.25, 0.3) is 0 Å². The Hall–Kier alpha value is -7.56. The first-order chi connectivity index (χ1) is 28.3. The van der Waals surface area contributed by atoms with Crippen molar-refractivity contribution in [2.45, 2.75) is 5.41 Å². The van der Waals surface area contributed by atoms with Crippen molar-refractivity contribution < 1.29 is 0 Å². The van der Waals surface area contributed by atoms with E-state index < -0.39 is 5.41 Å². The van der Waals surface area contributed by atoms with Gasteiger partial charge in [-0.1, -0.05) is 200 Å². The van der Waals surface area contributed by atoms with E-state index in [2.05, 4.69) is 146 Å². The fourth-order valence-corrected chi connectivity index (χ4v) is 8.91. The fourth-order valence-electron chi connectivity index (χ4n) is 8.91. The van der Waals surface area contributed by atoms with Gasteiger partial charge in [0.2, 0.25) is 0 Å². The third kappa shape index (κ3) is 5.22. The van der Waals surface area contributed by atoms with Gasteiger partial charge >= 0.3 is 0 Å². The van der Waals surface area contributed by atoms with Gasteiger partial charge in [-0.05, 0) is 39.4 Å². The number of nitrogens with zero attached hydrogens (tertiary/aromatic N) is 4. The van der Waals surface area contributed by atoms with Crippen LogP contribution in [0.5, 0.6) is 0 Å². The van der Waals surface area contributed by atoms with Crippen LogP contribution in [0.1, 0.15) is 22.3 Å². The van der Waals surface area contributed by atoms with Crippen LogP contribution in [-0.2, 0) is 5.41 Å². The normalized spacial score (nSPS) is 12.7. The summed E-state index contributed by atoms with van der Waals surface area (Å²) in [5.41, 5.74) is 12.8. The molecule has 266 valence electrons. The highest BCUT2D eigenvalue weighted by Crippen LogP contribution is 2.58. The number of hydrogen-bond acceptors (Lipinski definition) is 4. The van der Waals surface area contributed by atoms with Gasteiger partial charge in [0.15, 0.2) is 17.5 Å². The highest BCUT2D eigenvalue weighted by molar-refractivity contribution is 6.19. The van der Waals surface area contributed by atoms with E-state index in [0.29, 0.717) is 17.5 Å². The molecule has 8 aromatic carbocycles. The Morgan fingerprint density at radius 3 is 1.39 bits per heavy atom. The molecule has 0 spiro atoms. The van der Waals surface area contributed by atoms with Gasteiger partial charge < -0.3 is 0 Å². The quantitative estimate of drug-likeness (QED) is 0.160. The third-order valence-electron chi connectivity index (χ3n) is 11.4. The number of para-hydroxylation sites is 1. The van der Waals surface area contributed by atoms with E-state index >= 15 is 0 Å². The number of hydrogen-bond donors (Lipinski definition) is 0. The van der Waals surface area contributed by atoms with Crippen molar-refractivity contribution in [1.82, 2.24) is 19.9 Å². The highest BCUT2D eigenvalue weighted by Gasteiger charge is 2.46. The van der Waals surface area contributed by atoms with Gasteiger partial charge in [0.1, 0.15) is 0 Å².